The zero-order valence-electron chi connectivity index (χ0n) is 15.4. The summed E-state index contributed by atoms with van der Waals surface area (Å²) in [5.74, 6) is 0. The fraction of sp³-hybridized carbons (Fsp3) is 0. The van der Waals surface area contributed by atoms with Gasteiger partial charge in [-0.15, -0.1) is 0 Å². The highest BCUT2D eigenvalue weighted by Gasteiger charge is 1.98. The highest BCUT2D eigenvalue weighted by molar-refractivity contribution is 5.83. The molecule has 4 aromatic carbocycles. The Bertz CT molecular complexity index is 972. The molecule has 0 N–H and O–H groups in total. The van der Waals surface area contributed by atoms with E-state index in [0.717, 1.165) is 33.6 Å². The number of rotatable bonds is 5. The molecule has 0 aliphatic heterocycles. The molecule has 0 heterocycles. The van der Waals surface area contributed by atoms with E-state index in [4.69, 9.17) is 0 Å². The molecule has 0 saturated heterocycles. The smallest absolute Gasteiger partial charge is 0.0630 e. The van der Waals surface area contributed by atoms with Gasteiger partial charge in [-0.2, -0.15) is 0 Å². The van der Waals surface area contributed by atoms with Crippen LogP contribution in [0.25, 0.3) is 11.1 Å². The molecule has 28 heavy (non-hydrogen) atoms. The molecule has 0 spiro atoms. The Morgan fingerprint density at radius 3 is 1.11 bits per heavy atom. The number of nitrogens with zero attached hydrogens (tertiary/aromatic N) is 2. The molecule has 0 atom stereocenters. The minimum absolute atomic E-state index is 0.941. The van der Waals surface area contributed by atoms with Gasteiger partial charge in [0.05, 0.1) is 11.4 Å². The molecule has 0 fully saturated rings. The Labute approximate surface area is 165 Å². The highest BCUT2D eigenvalue weighted by Crippen LogP contribution is 2.25. The lowest BCUT2D eigenvalue weighted by Gasteiger charge is -2.03. The Hall–Kier alpha value is -3.78. The maximum atomic E-state index is 4.53. The summed E-state index contributed by atoms with van der Waals surface area (Å²) in [4.78, 5) is 9.07. The molecule has 4 rings (SSSR count). The Kier molecular flexibility index (Phi) is 5.50. The summed E-state index contributed by atoms with van der Waals surface area (Å²) in [5.41, 5.74) is 6.40. The van der Waals surface area contributed by atoms with Crippen LogP contribution in [0, 0.1) is 0 Å². The predicted octanol–water partition coefficient (Wildman–Crippen LogP) is 6.85. The van der Waals surface area contributed by atoms with E-state index in [1.165, 1.54) is 0 Å². The van der Waals surface area contributed by atoms with Crippen molar-refractivity contribution in [3.63, 3.8) is 0 Å². The average Bonchev–Trinajstić information content (AvgIpc) is 2.78. The topological polar surface area (TPSA) is 24.7 Å². The van der Waals surface area contributed by atoms with Crippen LogP contribution in [0.1, 0.15) is 11.1 Å². The molecular weight excluding hydrogens is 340 g/mol. The molecule has 0 saturated carbocycles. The average molecular weight is 360 g/mol. The van der Waals surface area contributed by atoms with Gasteiger partial charge in [0.1, 0.15) is 0 Å². The van der Waals surface area contributed by atoms with Crippen LogP contribution in [0.2, 0.25) is 0 Å². The Morgan fingerprint density at radius 1 is 0.393 bits per heavy atom. The first-order valence-corrected chi connectivity index (χ1v) is 9.26. The summed E-state index contributed by atoms with van der Waals surface area (Å²) in [6, 6.07) is 36.8. The lowest BCUT2D eigenvalue weighted by atomic mass is 10.1. The number of hydrogen-bond donors (Lipinski definition) is 0. The second-order valence-corrected chi connectivity index (χ2v) is 6.43. The molecule has 0 unspecified atom stereocenters. The first kappa shape index (κ1) is 17.6. The van der Waals surface area contributed by atoms with Gasteiger partial charge in [0.2, 0.25) is 0 Å². The van der Waals surface area contributed by atoms with Crippen molar-refractivity contribution in [1.29, 1.82) is 0 Å². The van der Waals surface area contributed by atoms with Gasteiger partial charge in [-0.25, -0.2) is 0 Å². The zero-order valence-corrected chi connectivity index (χ0v) is 15.4. The van der Waals surface area contributed by atoms with Crippen LogP contribution in [0.3, 0.4) is 0 Å². The maximum absolute atomic E-state index is 4.53. The van der Waals surface area contributed by atoms with E-state index in [2.05, 4.69) is 34.3 Å². The number of aliphatic imine (C=N–C) groups is 2. The van der Waals surface area contributed by atoms with Crippen molar-refractivity contribution in [2.75, 3.05) is 0 Å². The SMILES string of the molecule is C(=N\c1ccc(-c2ccc(/N=C/c3ccccc3)cc2)cc1)/c1ccccc1. The van der Waals surface area contributed by atoms with E-state index in [1.807, 2.05) is 97.4 Å². The van der Waals surface area contributed by atoms with Gasteiger partial charge in [-0.3, -0.25) is 9.98 Å². The summed E-state index contributed by atoms with van der Waals surface area (Å²) in [6.45, 7) is 0. The summed E-state index contributed by atoms with van der Waals surface area (Å²) in [7, 11) is 0. The summed E-state index contributed by atoms with van der Waals surface area (Å²) in [5, 5.41) is 0. The van der Waals surface area contributed by atoms with Gasteiger partial charge >= 0.3 is 0 Å². The van der Waals surface area contributed by atoms with Gasteiger partial charge < -0.3 is 0 Å². The molecule has 0 aliphatic rings. The van der Waals surface area contributed by atoms with Crippen LogP contribution in [-0.2, 0) is 0 Å². The normalized spacial score (nSPS) is 11.3. The number of benzene rings is 4. The second kappa shape index (κ2) is 8.74. The Morgan fingerprint density at radius 2 is 0.750 bits per heavy atom. The van der Waals surface area contributed by atoms with Crippen LogP contribution in [0.15, 0.2) is 119 Å². The Balaban J connectivity index is 1.44. The van der Waals surface area contributed by atoms with E-state index in [0.29, 0.717) is 0 Å². The van der Waals surface area contributed by atoms with Gasteiger partial charge in [-0.1, -0.05) is 84.9 Å². The van der Waals surface area contributed by atoms with Crippen molar-refractivity contribution in [2.24, 2.45) is 9.98 Å². The second-order valence-electron chi connectivity index (χ2n) is 6.43. The third kappa shape index (κ3) is 4.68. The highest BCUT2D eigenvalue weighted by atomic mass is 14.7. The molecule has 2 nitrogen and oxygen atoms in total. The van der Waals surface area contributed by atoms with Crippen molar-refractivity contribution in [3.05, 3.63) is 120 Å². The molecule has 134 valence electrons. The summed E-state index contributed by atoms with van der Waals surface area (Å²) < 4.78 is 0. The lowest BCUT2D eigenvalue weighted by molar-refractivity contribution is 1.50. The van der Waals surface area contributed by atoms with Crippen LogP contribution >= 0.6 is 0 Å². The summed E-state index contributed by atoms with van der Waals surface area (Å²) in [6.07, 6.45) is 3.77. The van der Waals surface area contributed by atoms with E-state index >= 15 is 0 Å². The van der Waals surface area contributed by atoms with Crippen molar-refractivity contribution in [1.82, 2.24) is 0 Å². The zero-order chi connectivity index (χ0) is 19.0. The van der Waals surface area contributed by atoms with Gasteiger partial charge in [0.25, 0.3) is 0 Å². The predicted molar refractivity (Wildman–Crippen MR) is 119 cm³/mol. The van der Waals surface area contributed by atoms with Crippen LogP contribution in [0.5, 0.6) is 0 Å². The first-order valence-electron chi connectivity index (χ1n) is 9.26. The standard InChI is InChI=1S/C26H20N2/c1-3-7-21(8-4-1)19-27-25-15-11-23(12-16-25)24-13-17-26(18-14-24)28-20-22-9-5-2-6-10-22/h1-20H/b27-19+,28-20+. The minimum atomic E-state index is 0.941. The third-order valence-corrected chi connectivity index (χ3v) is 4.39. The van der Waals surface area contributed by atoms with Crippen LogP contribution in [0.4, 0.5) is 11.4 Å². The van der Waals surface area contributed by atoms with Crippen molar-refractivity contribution >= 4 is 23.8 Å². The first-order chi connectivity index (χ1) is 13.9. The molecule has 0 aromatic heterocycles. The molecule has 0 bridgehead atoms. The van der Waals surface area contributed by atoms with Gasteiger partial charge in [0.15, 0.2) is 0 Å². The molecule has 0 amide bonds. The molecular formula is C26H20N2. The summed E-state index contributed by atoms with van der Waals surface area (Å²) >= 11 is 0. The van der Waals surface area contributed by atoms with Gasteiger partial charge in [-0.05, 0) is 46.5 Å². The van der Waals surface area contributed by atoms with Crippen molar-refractivity contribution in [3.8, 4) is 11.1 Å². The van der Waals surface area contributed by atoms with Gasteiger partial charge in [0, 0.05) is 12.4 Å². The van der Waals surface area contributed by atoms with E-state index in [9.17, 15) is 0 Å². The molecule has 4 aromatic rings. The minimum Gasteiger partial charge on any atom is -0.256 e. The maximum Gasteiger partial charge on any atom is 0.0630 e. The monoisotopic (exact) mass is 360 g/mol. The largest absolute Gasteiger partial charge is 0.256 e. The van der Waals surface area contributed by atoms with E-state index < -0.39 is 0 Å². The third-order valence-electron chi connectivity index (χ3n) is 4.39. The fourth-order valence-electron chi connectivity index (χ4n) is 2.86. The molecule has 0 aliphatic carbocycles. The van der Waals surface area contributed by atoms with E-state index in [-0.39, 0.29) is 0 Å². The molecule has 0 radical (unpaired) electrons. The van der Waals surface area contributed by atoms with Crippen molar-refractivity contribution < 1.29 is 0 Å². The quantitative estimate of drug-likeness (QED) is 0.348. The van der Waals surface area contributed by atoms with Crippen LogP contribution < -0.4 is 0 Å². The van der Waals surface area contributed by atoms with E-state index in [1.54, 1.807) is 0 Å². The molecule has 2 heteroatoms. The lowest BCUT2D eigenvalue weighted by Crippen LogP contribution is -1.80. The van der Waals surface area contributed by atoms with Crippen LogP contribution in [-0.4, -0.2) is 12.4 Å². The van der Waals surface area contributed by atoms with Crippen molar-refractivity contribution in [2.45, 2.75) is 0 Å². The number of hydrogen-bond acceptors (Lipinski definition) is 2. The fourth-order valence-corrected chi connectivity index (χ4v) is 2.86.